The monoisotopic (exact) mass is 362 g/mol. The fourth-order valence-corrected chi connectivity index (χ4v) is 3.34. The molecule has 0 fully saturated rings. The van der Waals surface area contributed by atoms with E-state index in [-0.39, 0.29) is 18.8 Å². The normalized spacial score (nSPS) is 12.0. The molecule has 0 unspecified atom stereocenters. The maximum absolute atomic E-state index is 12.7. The van der Waals surface area contributed by atoms with Gasteiger partial charge in [-0.3, -0.25) is 9.25 Å². The summed E-state index contributed by atoms with van der Waals surface area (Å²) in [6.07, 6.45) is 5.69. The molecule has 0 radical (unpaired) electrons. The smallest absolute Gasteiger partial charge is 0.327 e. The van der Waals surface area contributed by atoms with Gasteiger partial charge in [-0.05, 0) is 28.8 Å². The van der Waals surface area contributed by atoms with Crippen LogP contribution in [0.3, 0.4) is 0 Å². The molecule has 0 bridgehead atoms. The Balaban J connectivity index is 1.84. The van der Waals surface area contributed by atoms with Crippen LogP contribution in [0.25, 0.3) is 11.1 Å². The molecule has 0 atom stereocenters. The van der Waals surface area contributed by atoms with Gasteiger partial charge in [0.15, 0.2) is 0 Å². The highest BCUT2D eigenvalue weighted by Crippen LogP contribution is 2.27. The van der Waals surface area contributed by atoms with Gasteiger partial charge in [0, 0.05) is 30.4 Å². The second kappa shape index (κ2) is 7.58. The SMILES string of the molecule is CCn1cc(-c2cscc2Cn2cnn(C/C(=C/F)CN)c2=O)cn1. The minimum absolute atomic E-state index is 0.0475. The molecule has 2 N–H and O–H groups in total. The topological polar surface area (TPSA) is 83.7 Å². The molecule has 7 nitrogen and oxygen atoms in total. The van der Waals surface area contributed by atoms with Crippen LogP contribution >= 0.6 is 11.3 Å². The van der Waals surface area contributed by atoms with Gasteiger partial charge in [0.25, 0.3) is 0 Å². The summed E-state index contributed by atoms with van der Waals surface area (Å²) in [6.45, 7) is 3.33. The van der Waals surface area contributed by atoms with Crippen molar-refractivity contribution in [3.8, 4) is 11.1 Å². The summed E-state index contributed by atoms with van der Waals surface area (Å²) in [4.78, 5) is 12.4. The van der Waals surface area contributed by atoms with Crippen molar-refractivity contribution < 1.29 is 4.39 Å². The predicted octanol–water partition coefficient (Wildman–Crippen LogP) is 1.85. The molecule has 0 spiro atoms. The zero-order valence-corrected chi connectivity index (χ0v) is 14.6. The number of hydrogen-bond donors (Lipinski definition) is 1. The van der Waals surface area contributed by atoms with Crippen LogP contribution in [0.15, 0.2) is 46.2 Å². The predicted molar refractivity (Wildman–Crippen MR) is 95.0 cm³/mol. The number of rotatable bonds is 7. The fourth-order valence-electron chi connectivity index (χ4n) is 2.48. The maximum atomic E-state index is 12.7. The van der Waals surface area contributed by atoms with E-state index in [9.17, 15) is 9.18 Å². The van der Waals surface area contributed by atoms with E-state index in [1.165, 1.54) is 15.6 Å². The van der Waals surface area contributed by atoms with Crippen molar-refractivity contribution in [2.75, 3.05) is 6.54 Å². The van der Waals surface area contributed by atoms with Gasteiger partial charge < -0.3 is 5.73 Å². The molecule has 0 aromatic carbocycles. The average Bonchev–Trinajstić information content (AvgIpc) is 3.35. The van der Waals surface area contributed by atoms with Crippen molar-refractivity contribution >= 4 is 11.3 Å². The Morgan fingerprint density at radius 3 is 2.92 bits per heavy atom. The lowest BCUT2D eigenvalue weighted by atomic mass is 10.1. The summed E-state index contributed by atoms with van der Waals surface area (Å²) >= 11 is 1.57. The molecule has 9 heteroatoms. The zero-order chi connectivity index (χ0) is 17.8. The third-order valence-corrected chi connectivity index (χ3v) is 4.71. The molecule has 25 heavy (non-hydrogen) atoms. The van der Waals surface area contributed by atoms with Crippen molar-refractivity contribution in [3.05, 3.63) is 57.4 Å². The Kier molecular flexibility index (Phi) is 5.25. The first-order valence-electron chi connectivity index (χ1n) is 7.84. The lowest BCUT2D eigenvalue weighted by molar-refractivity contribution is 0.604. The molecule has 0 saturated carbocycles. The van der Waals surface area contributed by atoms with Crippen LogP contribution in [0.1, 0.15) is 12.5 Å². The van der Waals surface area contributed by atoms with Crippen LogP contribution in [-0.4, -0.2) is 30.7 Å². The zero-order valence-electron chi connectivity index (χ0n) is 13.8. The van der Waals surface area contributed by atoms with Gasteiger partial charge >= 0.3 is 5.69 Å². The number of halogens is 1. The van der Waals surface area contributed by atoms with Crippen LogP contribution in [-0.2, 0) is 19.6 Å². The molecule has 0 aliphatic rings. The number of nitrogens with two attached hydrogens (primary N) is 1. The first kappa shape index (κ1) is 17.3. The van der Waals surface area contributed by atoms with Crippen LogP contribution in [0.2, 0.25) is 0 Å². The van der Waals surface area contributed by atoms with E-state index in [4.69, 9.17) is 5.73 Å². The highest BCUT2D eigenvalue weighted by molar-refractivity contribution is 7.08. The largest absolute Gasteiger partial charge is 0.346 e. The molecule has 0 aliphatic carbocycles. The highest BCUT2D eigenvalue weighted by Gasteiger charge is 2.12. The van der Waals surface area contributed by atoms with Gasteiger partial charge in [-0.15, -0.1) is 0 Å². The fraction of sp³-hybridized carbons (Fsp3) is 0.312. The van der Waals surface area contributed by atoms with Gasteiger partial charge in [-0.2, -0.15) is 21.5 Å². The summed E-state index contributed by atoms with van der Waals surface area (Å²) in [5, 5.41) is 12.4. The molecule has 0 amide bonds. The Morgan fingerprint density at radius 1 is 1.40 bits per heavy atom. The molecule has 0 aliphatic heterocycles. The molecule has 3 rings (SSSR count). The third-order valence-electron chi connectivity index (χ3n) is 3.92. The highest BCUT2D eigenvalue weighted by atomic mass is 32.1. The Bertz CT molecular complexity index is 934. The van der Waals surface area contributed by atoms with Crippen LogP contribution < -0.4 is 11.4 Å². The maximum Gasteiger partial charge on any atom is 0.346 e. The summed E-state index contributed by atoms with van der Waals surface area (Å²) in [7, 11) is 0. The number of aromatic nitrogens is 5. The van der Waals surface area contributed by atoms with E-state index in [1.54, 1.807) is 11.3 Å². The van der Waals surface area contributed by atoms with Crippen molar-refractivity contribution in [2.24, 2.45) is 5.73 Å². The lowest BCUT2D eigenvalue weighted by Crippen LogP contribution is -2.27. The van der Waals surface area contributed by atoms with Crippen molar-refractivity contribution in [1.82, 2.24) is 24.1 Å². The van der Waals surface area contributed by atoms with E-state index in [0.29, 0.717) is 18.4 Å². The van der Waals surface area contributed by atoms with Crippen molar-refractivity contribution in [1.29, 1.82) is 0 Å². The second-order valence-corrected chi connectivity index (χ2v) is 6.31. The summed E-state index contributed by atoms with van der Waals surface area (Å²) < 4.78 is 17.2. The van der Waals surface area contributed by atoms with Crippen molar-refractivity contribution in [2.45, 2.75) is 26.6 Å². The first-order chi connectivity index (χ1) is 12.2. The van der Waals surface area contributed by atoms with Gasteiger partial charge in [0.1, 0.15) is 6.33 Å². The summed E-state index contributed by atoms with van der Waals surface area (Å²) in [6, 6.07) is 0. The van der Waals surface area contributed by atoms with Crippen molar-refractivity contribution in [3.63, 3.8) is 0 Å². The van der Waals surface area contributed by atoms with Crippen LogP contribution in [0.4, 0.5) is 4.39 Å². The average molecular weight is 362 g/mol. The van der Waals surface area contributed by atoms with Crippen LogP contribution in [0, 0.1) is 0 Å². The van der Waals surface area contributed by atoms with E-state index in [0.717, 1.165) is 23.2 Å². The molecular weight excluding hydrogens is 343 g/mol. The van der Waals surface area contributed by atoms with Gasteiger partial charge in [0.2, 0.25) is 0 Å². The molecule has 3 aromatic rings. The van der Waals surface area contributed by atoms with Gasteiger partial charge in [-0.1, -0.05) is 0 Å². The number of thiophene rings is 1. The molecule has 0 saturated heterocycles. The van der Waals surface area contributed by atoms with E-state index < -0.39 is 0 Å². The lowest BCUT2D eigenvalue weighted by Gasteiger charge is -2.03. The number of aryl methyl sites for hydroxylation is 1. The van der Waals surface area contributed by atoms with E-state index in [2.05, 4.69) is 10.2 Å². The Labute approximate surface area is 147 Å². The number of nitrogens with zero attached hydrogens (tertiary/aromatic N) is 5. The molecule has 3 aromatic heterocycles. The summed E-state index contributed by atoms with van der Waals surface area (Å²) in [5.74, 6) is 0. The third kappa shape index (κ3) is 3.62. The second-order valence-electron chi connectivity index (χ2n) is 5.57. The van der Waals surface area contributed by atoms with Crippen LogP contribution in [0.5, 0.6) is 0 Å². The number of hydrogen-bond acceptors (Lipinski definition) is 5. The van der Waals surface area contributed by atoms with E-state index >= 15 is 0 Å². The Hall–Kier alpha value is -2.52. The minimum atomic E-state index is -0.297. The minimum Gasteiger partial charge on any atom is -0.327 e. The van der Waals surface area contributed by atoms with Gasteiger partial charge in [0.05, 0.1) is 25.6 Å². The quantitative estimate of drug-likeness (QED) is 0.695. The molecular formula is C16H19FN6OS. The first-order valence-corrected chi connectivity index (χ1v) is 8.78. The van der Waals surface area contributed by atoms with E-state index in [1.807, 2.05) is 34.8 Å². The standard InChI is InChI=1S/C16H19FN6OS/c1-2-22-8-13(5-19-22)15-10-25-9-14(15)7-21-11-20-23(16(21)24)6-12(3-17)4-18/h3,5,8-11H,2,4,6-7,18H2,1H3/b12-3+. The Morgan fingerprint density at radius 2 is 2.24 bits per heavy atom. The van der Waals surface area contributed by atoms with Gasteiger partial charge in [-0.25, -0.2) is 13.9 Å². The summed E-state index contributed by atoms with van der Waals surface area (Å²) in [5.41, 5.74) is 8.53. The molecule has 3 heterocycles. The molecule has 132 valence electrons.